The molecule has 3 aromatic rings. The molecule has 1 heterocycles. The Morgan fingerprint density at radius 1 is 0.923 bits per heavy atom. The average molecular weight is 355 g/mol. The fraction of sp³-hybridized carbons (Fsp3) is 0.250. The average Bonchev–Trinajstić information content (AvgIpc) is 2.69. The number of aromatic nitrogens is 1. The zero-order valence-corrected chi connectivity index (χ0v) is 15.0. The molecule has 1 aromatic heterocycles. The van der Waals surface area contributed by atoms with Crippen molar-refractivity contribution in [3.63, 3.8) is 0 Å². The van der Waals surface area contributed by atoms with Crippen LogP contribution in [0.5, 0.6) is 17.2 Å². The van der Waals surface area contributed by atoms with E-state index < -0.39 is 0 Å². The third-order valence-corrected chi connectivity index (χ3v) is 4.33. The van der Waals surface area contributed by atoms with Gasteiger partial charge in [0.15, 0.2) is 0 Å². The van der Waals surface area contributed by atoms with Gasteiger partial charge in [-0.15, -0.1) is 0 Å². The number of rotatable bonds is 6. The molecule has 0 radical (unpaired) electrons. The molecule has 26 heavy (non-hydrogen) atoms. The zero-order valence-electron chi connectivity index (χ0n) is 15.0. The zero-order chi connectivity index (χ0) is 18.7. The second-order valence-electron chi connectivity index (χ2n) is 5.71. The molecule has 1 N–H and O–H groups in total. The third-order valence-electron chi connectivity index (χ3n) is 4.33. The highest BCUT2D eigenvalue weighted by Crippen LogP contribution is 2.33. The lowest BCUT2D eigenvalue weighted by atomic mass is 10.0. The number of ether oxygens (including phenoxy) is 3. The minimum absolute atomic E-state index is 0.0691. The maximum atomic E-state index is 13.2. The Kier molecular flexibility index (Phi) is 5.14. The maximum absolute atomic E-state index is 13.2. The van der Waals surface area contributed by atoms with Crippen LogP contribution in [0.2, 0.25) is 0 Å². The topological polar surface area (TPSA) is 69.9 Å². The van der Waals surface area contributed by atoms with E-state index in [4.69, 9.17) is 14.2 Å². The van der Waals surface area contributed by atoms with Gasteiger partial charge in [-0.1, -0.05) is 12.1 Å². The molecule has 6 heteroatoms. The van der Waals surface area contributed by atoms with Crippen LogP contribution < -0.4 is 19.6 Å². The summed E-state index contributed by atoms with van der Waals surface area (Å²) < 4.78 is 17.8. The summed E-state index contributed by atoms with van der Waals surface area (Å²) in [7, 11) is 4.67. The second-order valence-corrected chi connectivity index (χ2v) is 5.71. The molecule has 0 aliphatic rings. The van der Waals surface area contributed by atoms with E-state index in [1.807, 2.05) is 16.7 Å². The molecule has 0 amide bonds. The van der Waals surface area contributed by atoms with Crippen molar-refractivity contribution in [2.75, 3.05) is 27.9 Å². The number of nitrogens with zero attached hydrogens (tertiary/aromatic N) is 1. The predicted octanol–water partition coefficient (Wildman–Crippen LogP) is 2.69. The molecule has 0 fully saturated rings. The number of fused-ring (bicyclic) bond motifs is 1. The van der Waals surface area contributed by atoms with E-state index >= 15 is 0 Å². The standard InChI is InChI=1S/C20H21NO5/c1-24-14-6-4-13(5-7-14)15-12-21(10-11-22)19-17(26-3)9-8-16(25-2)18(19)20(15)23/h4-9,12,22H,10-11H2,1-3H3. The summed E-state index contributed by atoms with van der Waals surface area (Å²) in [5, 5.41) is 9.91. The molecule has 6 nitrogen and oxygen atoms in total. The van der Waals surface area contributed by atoms with E-state index in [0.29, 0.717) is 40.3 Å². The summed E-state index contributed by atoms with van der Waals surface area (Å²) in [6.07, 6.45) is 1.74. The molecule has 0 atom stereocenters. The van der Waals surface area contributed by atoms with Crippen LogP contribution in [0.15, 0.2) is 47.4 Å². The molecule has 0 aliphatic carbocycles. The van der Waals surface area contributed by atoms with Crippen LogP contribution in [0.25, 0.3) is 22.0 Å². The summed E-state index contributed by atoms with van der Waals surface area (Å²) in [6, 6.07) is 10.7. The number of benzene rings is 2. The number of pyridine rings is 1. The summed E-state index contributed by atoms with van der Waals surface area (Å²) >= 11 is 0. The van der Waals surface area contributed by atoms with Crippen molar-refractivity contribution in [3.05, 3.63) is 52.8 Å². The number of hydrogen-bond acceptors (Lipinski definition) is 5. The molecular formula is C20H21NO5. The van der Waals surface area contributed by atoms with Crippen molar-refractivity contribution in [1.29, 1.82) is 0 Å². The molecule has 0 bridgehead atoms. The van der Waals surface area contributed by atoms with E-state index in [1.165, 1.54) is 7.11 Å². The van der Waals surface area contributed by atoms with Crippen molar-refractivity contribution in [3.8, 4) is 28.4 Å². The second kappa shape index (κ2) is 7.49. The van der Waals surface area contributed by atoms with Gasteiger partial charge < -0.3 is 23.9 Å². The van der Waals surface area contributed by atoms with E-state index in [2.05, 4.69) is 0 Å². The van der Waals surface area contributed by atoms with Crippen molar-refractivity contribution in [2.24, 2.45) is 0 Å². The molecule has 2 aromatic carbocycles. The molecule has 0 unspecified atom stereocenters. The van der Waals surface area contributed by atoms with Crippen molar-refractivity contribution in [1.82, 2.24) is 4.57 Å². The van der Waals surface area contributed by atoms with Gasteiger partial charge in [0.05, 0.1) is 38.8 Å². The number of hydrogen-bond donors (Lipinski definition) is 1. The van der Waals surface area contributed by atoms with Gasteiger partial charge in [0.1, 0.15) is 17.2 Å². The van der Waals surface area contributed by atoms with Crippen LogP contribution in [0, 0.1) is 0 Å². The first-order chi connectivity index (χ1) is 12.6. The van der Waals surface area contributed by atoms with E-state index in [0.717, 1.165) is 5.56 Å². The smallest absolute Gasteiger partial charge is 0.201 e. The highest BCUT2D eigenvalue weighted by Gasteiger charge is 2.18. The first kappa shape index (κ1) is 17.8. The fourth-order valence-corrected chi connectivity index (χ4v) is 3.07. The largest absolute Gasteiger partial charge is 0.497 e. The maximum Gasteiger partial charge on any atom is 0.201 e. The van der Waals surface area contributed by atoms with Gasteiger partial charge in [0.2, 0.25) is 5.43 Å². The Balaban J connectivity index is 2.37. The Morgan fingerprint density at radius 3 is 2.15 bits per heavy atom. The van der Waals surface area contributed by atoms with Gasteiger partial charge in [-0.05, 0) is 29.8 Å². The highest BCUT2D eigenvalue weighted by molar-refractivity contribution is 5.93. The number of aliphatic hydroxyl groups is 1. The van der Waals surface area contributed by atoms with Crippen LogP contribution >= 0.6 is 0 Å². The fourth-order valence-electron chi connectivity index (χ4n) is 3.07. The number of methoxy groups -OCH3 is 3. The predicted molar refractivity (Wildman–Crippen MR) is 100 cm³/mol. The summed E-state index contributed by atoms with van der Waals surface area (Å²) in [4.78, 5) is 13.2. The Morgan fingerprint density at radius 2 is 1.58 bits per heavy atom. The lowest BCUT2D eigenvalue weighted by Gasteiger charge is -2.17. The highest BCUT2D eigenvalue weighted by atomic mass is 16.5. The van der Waals surface area contributed by atoms with Crippen LogP contribution in [-0.2, 0) is 6.54 Å². The first-order valence-electron chi connectivity index (χ1n) is 8.18. The van der Waals surface area contributed by atoms with Gasteiger partial charge >= 0.3 is 0 Å². The van der Waals surface area contributed by atoms with Gasteiger partial charge in [-0.3, -0.25) is 4.79 Å². The van der Waals surface area contributed by atoms with Crippen LogP contribution in [-0.4, -0.2) is 37.6 Å². The molecule has 3 rings (SSSR count). The van der Waals surface area contributed by atoms with Crippen LogP contribution in [0.1, 0.15) is 0 Å². The molecule has 0 aliphatic heterocycles. The molecule has 0 saturated heterocycles. The Hall–Kier alpha value is -2.99. The van der Waals surface area contributed by atoms with Crippen LogP contribution in [0.4, 0.5) is 0 Å². The summed E-state index contributed by atoms with van der Waals surface area (Å²) in [6.45, 7) is 0.254. The van der Waals surface area contributed by atoms with E-state index in [1.54, 1.807) is 44.7 Å². The minimum atomic E-state index is -0.157. The van der Waals surface area contributed by atoms with Gasteiger partial charge in [-0.25, -0.2) is 0 Å². The Labute approximate surface area is 151 Å². The third kappa shape index (κ3) is 2.99. The van der Waals surface area contributed by atoms with Gasteiger partial charge in [0.25, 0.3) is 0 Å². The SMILES string of the molecule is COc1ccc(-c2cn(CCO)c3c(OC)ccc(OC)c3c2=O)cc1. The molecule has 0 spiro atoms. The quantitative estimate of drug-likeness (QED) is 0.736. The van der Waals surface area contributed by atoms with E-state index in [-0.39, 0.29) is 12.0 Å². The normalized spacial score (nSPS) is 10.8. The van der Waals surface area contributed by atoms with E-state index in [9.17, 15) is 9.90 Å². The lowest BCUT2D eigenvalue weighted by Crippen LogP contribution is -2.15. The Bertz CT molecular complexity index is 976. The van der Waals surface area contributed by atoms with Crippen LogP contribution in [0.3, 0.4) is 0 Å². The molecular weight excluding hydrogens is 334 g/mol. The van der Waals surface area contributed by atoms with Crippen molar-refractivity contribution in [2.45, 2.75) is 6.54 Å². The van der Waals surface area contributed by atoms with Crippen molar-refractivity contribution >= 4 is 10.9 Å². The minimum Gasteiger partial charge on any atom is -0.497 e. The summed E-state index contributed by atoms with van der Waals surface area (Å²) in [5.74, 6) is 1.73. The van der Waals surface area contributed by atoms with Gasteiger partial charge in [0, 0.05) is 18.3 Å². The van der Waals surface area contributed by atoms with Crippen molar-refractivity contribution < 1.29 is 19.3 Å². The number of aliphatic hydroxyl groups excluding tert-OH is 1. The summed E-state index contributed by atoms with van der Waals surface area (Å²) in [5.41, 5.74) is 1.72. The molecule has 136 valence electrons. The monoisotopic (exact) mass is 355 g/mol. The lowest BCUT2D eigenvalue weighted by molar-refractivity contribution is 0.277. The first-order valence-corrected chi connectivity index (χ1v) is 8.18. The molecule has 0 saturated carbocycles. The van der Waals surface area contributed by atoms with Gasteiger partial charge in [-0.2, -0.15) is 0 Å².